The molecule has 0 atom stereocenters. The molecule has 2 amide bonds. The van der Waals surface area contributed by atoms with E-state index in [2.05, 4.69) is 0 Å². The SMILES string of the molecule is O=C(CSCC(=O)N(Cc1ccccc1F)C1CC1)N1CCOCC1. The summed E-state index contributed by atoms with van der Waals surface area (Å²) in [6.45, 7) is 2.69. The number of halogens is 1. The van der Waals surface area contributed by atoms with Gasteiger partial charge in [-0.1, -0.05) is 18.2 Å². The van der Waals surface area contributed by atoms with Crippen LogP contribution in [0.1, 0.15) is 18.4 Å². The van der Waals surface area contributed by atoms with Crippen molar-refractivity contribution in [1.29, 1.82) is 0 Å². The molecule has 25 heavy (non-hydrogen) atoms. The van der Waals surface area contributed by atoms with E-state index in [-0.39, 0.29) is 29.4 Å². The second kappa shape index (κ2) is 8.67. The molecule has 1 saturated heterocycles. The lowest BCUT2D eigenvalue weighted by molar-refractivity contribution is -0.132. The molecule has 1 aliphatic heterocycles. The maximum absolute atomic E-state index is 13.9. The molecule has 0 spiro atoms. The monoisotopic (exact) mass is 366 g/mol. The van der Waals surface area contributed by atoms with Crippen molar-refractivity contribution in [3.63, 3.8) is 0 Å². The second-order valence-corrected chi connectivity index (χ2v) is 7.32. The average Bonchev–Trinajstić information content (AvgIpc) is 3.46. The number of hydrogen-bond acceptors (Lipinski definition) is 4. The molecule has 2 fully saturated rings. The molecule has 7 heteroatoms. The van der Waals surface area contributed by atoms with Crippen molar-refractivity contribution in [1.82, 2.24) is 9.80 Å². The molecule has 136 valence electrons. The van der Waals surface area contributed by atoms with Crippen LogP contribution in [0.15, 0.2) is 24.3 Å². The van der Waals surface area contributed by atoms with Gasteiger partial charge in [-0.05, 0) is 18.9 Å². The van der Waals surface area contributed by atoms with Gasteiger partial charge in [-0.25, -0.2) is 4.39 Å². The highest BCUT2D eigenvalue weighted by Gasteiger charge is 2.32. The van der Waals surface area contributed by atoms with Crippen LogP contribution in [-0.4, -0.2) is 65.5 Å². The molecular formula is C18H23FN2O3S. The van der Waals surface area contributed by atoms with Gasteiger partial charge in [-0.3, -0.25) is 9.59 Å². The Kier molecular flexibility index (Phi) is 6.31. The van der Waals surface area contributed by atoms with Gasteiger partial charge in [0.2, 0.25) is 11.8 Å². The largest absolute Gasteiger partial charge is 0.378 e. The Hall–Kier alpha value is -1.60. The number of carbonyl (C=O) groups excluding carboxylic acids is 2. The van der Waals surface area contributed by atoms with Gasteiger partial charge in [0.25, 0.3) is 0 Å². The fourth-order valence-corrected chi connectivity index (χ4v) is 3.63. The van der Waals surface area contributed by atoms with E-state index in [1.807, 2.05) is 0 Å². The zero-order valence-corrected chi connectivity index (χ0v) is 15.0. The number of amides is 2. The van der Waals surface area contributed by atoms with Crippen molar-refractivity contribution >= 4 is 23.6 Å². The third-order valence-corrected chi connectivity index (χ3v) is 5.32. The Labute approximate surface area is 151 Å². The van der Waals surface area contributed by atoms with Crippen LogP contribution in [0.3, 0.4) is 0 Å². The highest BCUT2D eigenvalue weighted by atomic mass is 32.2. The van der Waals surface area contributed by atoms with Gasteiger partial charge in [0, 0.05) is 31.2 Å². The Balaban J connectivity index is 1.48. The minimum Gasteiger partial charge on any atom is -0.378 e. The van der Waals surface area contributed by atoms with Crippen molar-refractivity contribution in [2.75, 3.05) is 37.8 Å². The molecule has 1 aromatic carbocycles. The maximum atomic E-state index is 13.9. The molecule has 5 nitrogen and oxygen atoms in total. The molecule has 0 unspecified atom stereocenters. The Morgan fingerprint density at radius 2 is 1.92 bits per heavy atom. The van der Waals surface area contributed by atoms with Crippen molar-refractivity contribution in [3.8, 4) is 0 Å². The maximum Gasteiger partial charge on any atom is 0.233 e. The fraction of sp³-hybridized carbons (Fsp3) is 0.556. The number of ether oxygens (including phenoxy) is 1. The van der Waals surface area contributed by atoms with E-state index >= 15 is 0 Å². The van der Waals surface area contributed by atoms with E-state index in [1.54, 1.807) is 28.0 Å². The lowest BCUT2D eigenvalue weighted by Crippen LogP contribution is -2.42. The minimum absolute atomic E-state index is 0.0227. The summed E-state index contributed by atoms with van der Waals surface area (Å²) in [6, 6.07) is 6.77. The predicted molar refractivity (Wildman–Crippen MR) is 94.7 cm³/mol. The number of benzene rings is 1. The summed E-state index contributed by atoms with van der Waals surface area (Å²) in [5, 5.41) is 0. The van der Waals surface area contributed by atoms with Crippen molar-refractivity contribution in [2.24, 2.45) is 0 Å². The highest BCUT2D eigenvalue weighted by molar-refractivity contribution is 8.00. The predicted octanol–water partition coefficient (Wildman–Crippen LogP) is 1.91. The number of rotatable bonds is 7. The van der Waals surface area contributed by atoms with Gasteiger partial charge in [0.15, 0.2) is 0 Å². The van der Waals surface area contributed by atoms with Gasteiger partial charge in [-0.2, -0.15) is 0 Å². The van der Waals surface area contributed by atoms with Crippen LogP contribution in [0.4, 0.5) is 4.39 Å². The lowest BCUT2D eigenvalue weighted by Gasteiger charge is -2.27. The Bertz CT molecular complexity index is 618. The molecule has 1 aliphatic carbocycles. The zero-order valence-electron chi connectivity index (χ0n) is 14.2. The first kappa shape index (κ1) is 18.2. The van der Waals surface area contributed by atoms with Crippen molar-refractivity contribution < 1.29 is 18.7 Å². The van der Waals surface area contributed by atoms with Gasteiger partial charge in [0.1, 0.15) is 5.82 Å². The van der Waals surface area contributed by atoms with Crippen LogP contribution in [0.25, 0.3) is 0 Å². The third kappa shape index (κ3) is 5.19. The first-order valence-corrected chi connectivity index (χ1v) is 9.77. The third-order valence-electron chi connectivity index (χ3n) is 4.42. The zero-order chi connectivity index (χ0) is 17.6. The summed E-state index contributed by atoms with van der Waals surface area (Å²) in [6.07, 6.45) is 1.94. The number of carbonyl (C=O) groups is 2. The number of hydrogen-bond donors (Lipinski definition) is 0. The van der Waals surface area contributed by atoms with Crippen LogP contribution in [-0.2, 0) is 20.9 Å². The quantitative estimate of drug-likeness (QED) is 0.740. The summed E-state index contributed by atoms with van der Waals surface area (Å²) in [7, 11) is 0. The van der Waals surface area contributed by atoms with E-state index < -0.39 is 0 Å². The Morgan fingerprint density at radius 1 is 1.20 bits per heavy atom. The summed E-state index contributed by atoms with van der Waals surface area (Å²) >= 11 is 1.33. The highest BCUT2D eigenvalue weighted by Crippen LogP contribution is 2.29. The van der Waals surface area contributed by atoms with Crippen LogP contribution in [0.5, 0.6) is 0 Å². The molecular weight excluding hydrogens is 343 g/mol. The van der Waals surface area contributed by atoms with Crippen LogP contribution < -0.4 is 0 Å². The summed E-state index contributed by atoms with van der Waals surface area (Å²) in [5.41, 5.74) is 0.539. The van der Waals surface area contributed by atoms with Crippen LogP contribution in [0, 0.1) is 5.82 Å². The van der Waals surface area contributed by atoms with E-state index in [4.69, 9.17) is 4.74 Å². The van der Waals surface area contributed by atoms with Crippen molar-refractivity contribution in [2.45, 2.75) is 25.4 Å². The molecule has 1 saturated carbocycles. The molecule has 0 radical (unpaired) electrons. The lowest BCUT2D eigenvalue weighted by atomic mass is 10.2. The van der Waals surface area contributed by atoms with E-state index in [0.29, 0.717) is 44.2 Å². The molecule has 2 aliphatic rings. The fourth-order valence-electron chi connectivity index (χ4n) is 2.83. The van der Waals surface area contributed by atoms with E-state index in [1.165, 1.54) is 17.8 Å². The summed E-state index contributed by atoms with van der Waals surface area (Å²) in [4.78, 5) is 28.2. The molecule has 1 heterocycles. The first-order chi connectivity index (χ1) is 12.1. The molecule has 0 aromatic heterocycles. The van der Waals surface area contributed by atoms with Crippen LogP contribution in [0.2, 0.25) is 0 Å². The van der Waals surface area contributed by atoms with Crippen molar-refractivity contribution in [3.05, 3.63) is 35.6 Å². The van der Waals surface area contributed by atoms with Gasteiger partial charge >= 0.3 is 0 Å². The van der Waals surface area contributed by atoms with Gasteiger partial charge < -0.3 is 14.5 Å². The van der Waals surface area contributed by atoms with E-state index in [0.717, 1.165) is 12.8 Å². The van der Waals surface area contributed by atoms with Gasteiger partial charge in [0.05, 0.1) is 24.7 Å². The number of morpholine rings is 1. The molecule has 0 N–H and O–H groups in total. The second-order valence-electron chi connectivity index (χ2n) is 6.33. The molecule has 1 aromatic rings. The topological polar surface area (TPSA) is 49.9 Å². The molecule has 0 bridgehead atoms. The average molecular weight is 366 g/mol. The number of nitrogens with zero attached hydrogens (tertiary/aromatic N) is 2. The van der Waals surface area contributed by atoms with E-state index in [9.17, 15) is 14.0 Å². The smallest absolute Gasteiger partial charge is 0.233 e. The first-order valence-electron chi connectivity index (χ1n) is 8.61. The Morgan fingerprint density at radius 3 is 2.60 bits per heavy atom. The molecule has 3 rings (SSSR count). The van der Waals surface area contributed by atoms with Crippen LogP contribution >= 0.6 is 11.8 Å². The number of thioether (sulfide) groups is 1. The summed E-state index contributed by atoms with van der Waals surface area (Å²) < 4.78 is 19.1. The normalized spacial score (nSPS) is 17.4. The van der Waals surface area contributed by atoms with Gasteiger partial charge in [-0.15, -0.1) is 11.8 Å². The minimum atomic E-state index is -0.281. The summed E-state index contributed by atoms with van der Waals surface area (Å²) in [5.74, 6) is 0.292. The standard InChI is InChI=1S/C18H23FN2O3S/c19-16-4-2-1-3-14(16)11-21(15-5-6-15)18(23)13-25-12-17(22)20-7-9-24-10-8-20/h1-4,15H,5-13H2.